The third kappa shape index (κ3) is 6.29. The molecule has 0 aliphatic heterocycles. The largest absolute Gasteiger partial charge is 0.489 e. The average Bonchev–Trinajstić information content (AvgIpc) is 2.87. The molecular weight excluding hydrogens is 453 g/mol. The second-order valence-electron chi connectivity index (χ2n) is 8.19. The van der Waals surface area contributed by atoms with Crippen molar-refractivity contribution in [3.8, 4) is 16.9 Å². The lowest BCUT2D eigenvalue weighted by atomic mass is 9.88. The molecule has 0 saturated carbocycles. The Morgan fingerprint density at radius 1 is 0.771 bits per heavy atom. The van der Waals surface area contributed by atoms with E-state index in [1.54, 1.807) is 0 Å². The Bertz CT molecular complexity index is 1270. The van der Waals surface area contributed by atoms with Crippen LogP contribution < -0.4 is 4.74 Å². The number of carboxylic acids is 1. The molecule has 1 atom stereocenters. The van der Waals surface area contributed by atoms with Crippen molar-refractivity contribution in [2.75, 3.05) is 0 Å². The number of carbonyl (C=O) groups is 1. The molecule has 3 nitrogen and oxygen atoms in total. The van der Waals surface area contributed by atoms with E-state index in [4.69, 9.17) is 4.74 Å². The van der Waals surface area contributed by atoms with Gasteiger partial charge in [0.25, 0.3) is 0 Å². The lowest BCUT2D eigenvalue weighted by Gasteiger charge is -2.16. The van der Waals surface area contributed by atoms with Crippen molar-refractivity contribution in [3.05, 3.63) is 125 Å². The highest BCUT2D eigenvalue weighted by Gasteiger charge is 2.30. The molecule has 0 aromatic heterocycles. The highest BCUT2D eigenvalue weighted by Crippen LogP contribution is 2.32. The van der Waals surface area contributed by atoms with E-state index >= 15 is 0 Å². The van der Waals surface area contributed by atoms with Gasteiger partial charge >= 0.3 is 12.1 Å². The molecule has 1 unspecified atom stereocenters. The fourth-order valence-corrected chi connectivity index (χ4v) is 3.94. The number of alkyl halides is 3. The number of hydrogen-bond acceptors (Lipinski definition) is 2. The predicted octanol–water partition coefficient (Wildman–Crippen LogP) is 7.56. The van der Waals surface area contributed by atoms with Crippen molar-refractivity contribution in [1.82, 2.24) is 0 Å². The highest BCUT2D eigenvalue weighted by atomic mass is 19.4. The normalized spacial score (nSPS) is 12.2. The molecule has 0 aliphatic carbocycles. The second-order valence-corrected chi connectivity index (χ2v) is 8.19. The standard InChI is InChI=1S/C29H23F3O3/c30-29(31,32)25-13-9-21(10-14-25)24-8-4-5-20(17-24)19-35-26-15-11-23(12-16-26)27(18-28(33)34)22-6-2-1-3-7-22/h1-17,27H,18-19H2,(H,33,34). The third-order valence-corrected chi connectivity index (χ3v) is 5.74. The lowest BCUT2D eigenvalue weighted by Crippen LogP contribution is -2.08. The van der Waals surface area contributed by atoms with Crippen LogP contribution in [0.5, 0.6) is 5.75 Å². The van der Waals surface area contributed by atoms with Crippen LogP contribution in [0.4, 0.5) is 13.2 Å². The quantitative estimate of drug-likeness (QED) is 0.285. The molecule has 4 aromatic rings. The van der Waals surface area contributed by atoms with Gasteiger partial charge in [-0.25, -0.2) is 0 Å². The Balaban J connectivity index is 1.44. The molecule has 0 aliphatic rings. The molecule has 0 radical (unpaired) electrons. The summed E-state index contributed by atoms with van der Waals surface area (Å²) in [4.78, 5) is 11.4. The van der Waals surface area contributed by atoms with Crippen molar-refractivity contribution in [2.24, 2.45) is 0 Å². The molecule has 0 bridgehead atoms. The minimum absolute atomic E-state index is 0.0129. The topological polar surface area (TPSA) is 46.5 Å². The molecule has 0 saturated heterocycles. The van der Waals surface area contributed by atoms with Gasteiger partial charge in [-0.1, -0.05) is 72.8 Å². The number of rotatable bonds is 8. The molecule has 1 N–H and O–H groups in total. The molecule has 0 fully saturated rings. The van der Waals surface area contributed by atoms with E-state index in [1.807, 2.05) is 78.9 Å². The molecule has 0 heterocycles. The molecular formula is C29H23F3O3. The molecule has 4 aromatic carbocycles. The van der Waals surface area contributed by atoms with Crippen LogP contribution in [0, 0.1) is 0 Å². The van der Waals surface area contributed by atoms with Crippen molar-refractivity contribution in [1.29, 1.82) is 0 Å². The first-order valence-electron chi connectivity index (χ1n) is 11.1. The summed E-state index contributed by atoms with van der Waals surface area (Å²) in [6.45, 7) is 0.283. The van der Waals surface area contributed by atoms with Crippen LogP contribution in [-0.4, -0.2) is 11.1 Å². The van der Waals surface area contributed by atoms with E-state index in [0.717, 1.165) is 34.4 Å². The van der Waals surface area contributed by atoms with Gasteiger partial charge in [0.2, 0.25) is 0 Å². The maximum absolute atomic E-state index is 12.8. The first-order chi connectivity index (χ1) is 16.8. The zero-order valence-corrected chi connectivity index (χ0v) is 18.7. The van der Waals surface area contributed by atoms with Crippen molar-refractivity contribution in [2.45, 2.75) is 25.1 Å². The second kappa shape index (κ2) is 10.5. The van der Waals surface area contributed by atoms with Gasteiger partial charge in [-0.05, 0) is 58.1 Å². The zero-order chi connectivity index (χ0) is 24.8. The summed E-state index contributed by atoms with van der Waals surface area (Å²) in [7, 11) is 0. The van der Waals surface area contributed by atoms with Gasteiger partial charge < -0.3 is 9.84 Å². The van der Waals surface area contributed by atoms with Gasteiger partial charge in [-0.15, -0.1) is 0 Å². The van der Waals surface area contributed by atoms with Gasteiger partial charge in [-0.2, -0.15) is 13.2 Å². The Hall–Kier alpha value is -4.06. The van der Waals surface area contributed by atoms with E-state index in [0.29, 0.717) is 11.3 Å². The number of halogens is 3. The molecule has 4 rings (SSSR count). The smallest absolute Gasteiger partial charge is 0.416 e. The summed E-state index contributed by atoms with van der Waals surface area (Å²) in [5, 5.41) is 9.35. The molecule has 35 heavy (non-hydrogen) atoms. The van der Waals surface area contributed by atoms with Crippen LogP contribution in [0.15, 0.2) is 103 Å². The van der Waals surface area contributed by atoms with Crippen molar-refractivity contribution in [3.63, 3.8) is 0 Å². The lowest BCUT2D eigenvalue weighted by molar-refractivity contribution is -0.138. The fourth-order valence-electron chi connectivity index (χ4n) is 3.94. The zero-order valence-electron chi connectivity index (χ0n) is 18.7. The first-order valence-corrected chi connectivity index (χ1v) is 11.1. The summed E-state index contributed by atoms with van der Waals surface area (Å²) in [6, 6.07) is 29.4. The van der Waals surface area contributed by atoms with Crippen molar-refractivity contribution >= 4 is 5.97 Å². The fraction of sp³-hybridized carbons (Fsp3) is 0.138. The maximum atomic E-state index is 12.8. The van der Waals surface area contributed by atoms with Gasteiger partial charge in [0.15, 0.2) is 0 Å². The van der Waals surface area contributed by atoms with E-state index in [9.17, 15) is 23.1 Å². The summed E-state index contributed by atoms with van der Waals surface area (Å²) in [5.41, 5.74) is 3.50. The molecule has 0 amide bonds. The van der Waals surface area contributed by atoms with Crippen molar-refractivity contribution < 1.29 is 27.8 Å². The third-order valence-electron chi connectivity index (χ3n) is 5.74. The monoisotopic (exact) mass is 476 g/mol. The van der Waals surface area contributed by atoms with Gasteiger partial charge in [0.05, 0.1) is 12.0 Å². The van der Waals surface area contributed by atoms with E-state index in [2.05, 4.69) is 0 Å². The van der Waals surface area contributed by atoms with Gasteiger partial charge in [-0.3, -0.25) is 4.79 Å². The summed E-state index contributed by atoms with van der Waals surface area (Å²) < 4.78 is 44.4. The molecule has 6 heteroatoms. The number of ether oxygens (including phenoxy) is 1. The van der Waals surface area contributed by atoms with Crippen LogP contribution in [0.3, 0.4) is 0 Å². The minimum atomic E-state index is -4.36. The van der Waals surface area contributed by atoms with Crippen LogP contribution in [0.2, 0.25) is 0 Å². The summed E-state index contributed by atoms with van der Waals surface area (Å²) in [5.74, 6) is -0.494. The van der Waals surface area contributed by atoms with Gasteiger partial charge in [0, 0.05) is 5.92 Å². The van der Waals surface area contributed by atoms with Crippen LogP contribution in [0.1, 0.15) is 34.6 Å². The molecule has 0 spiro atoms. The van der Waals surface area contributed by atoms with E-state index < -0.39 is 17.7 Å². The Morgan fingerprint density at radius 2 is 1.43 bits per heavy atom. The summed E-state index contributed by atoms with van der Waals surface area (Å²) >= 11 is 0. The van der Waals surface area contributed by atoms with Crippen LogP contribution in [0.25, 0.3) is 11.1 Å². The predicted molar refractivity (Wildman–Crippen MR) is 128 cm³/mol. The van der Waals surface area contributed by atoms with Crippen LogP contribution in [-0.2, 0) is 17.6 Å². The average molecular weight is 476 g/mol. The molecule has 178 valence electrons. The summed E-state index contributed by atoms with van der Waals surface area (Å²) in [6.07, 6.45) is -4.38. The first kappa shape index (κ1) is 24.1. The van der Waals surface area contributed by atoms with Crippen LogP contribution >= 0.6 is 0 Å². The number of hydrogen-bond donors (Lipinski definition) is 1. The maximum Gasteiger partial charge on any atom is 0.416 e. The van der Waals surface area contributed by atoms with E-state index in [1.165, 1.54) is 12.1 Å². The Kier molecular flexibility index (Phi) is 7.20. The minimum Gasteiger partial charge on any atom is -0.489 e. The Labute approximate surface area is 201 Å². The van der Waals surface area contributed by atoms with E-state index in [-0.39, 0.29) is 18.9 Å². The highest BCUT2D eigenvalue weighted by molar-refractivity contribution is 5.69. The SMILES string of the molecule is O=C(O)CC(c1ccccc1)c1ccc(OCc2cccc(-c3ccc(C(F)(F)F)cc3)c2)cc1. The number of aliphatic carboxylic acids is 1. The number of carboxylic acid groups (broad SMARTS) is 1. The number of benzene rings is 4. The van der Waals surface area contributed by atoms with Gasteiger partial charge in [0.1, 0.15) is 12.4 Å². The Morgan fingerprint density at radius 3 is 2.06 bits per heavy atom.